The highest BCUT2D eigenvalue weighted by Gasteiger charge is 2.22. The zero-order valence-corrected chi connectivity index (χ0v) is 11.4. The molecule has 1 aromatic rings. The SMILES string of the molecule is CCNC(CS(C)(=O)=O)c1ccc(C)c(F)c1F. The molecule has 0 aliphatic rings. The molecule has 0 aliphatic carbocycles. The number of hydrogen-bond donors (Lipinski definition) is 1. The molecule has 1 unspecified atom stereocenters. The molecule has 0 spiro atoms. The third-order valence-corrected chi connectivity index (χ3v) is 3.54. The van der Waals surface area contributed by atoms with Crippen molar-refractivity contribution in [1.82, 2.24) is 5.32 Å². The smallest absolute Gasteiger partial charge is 0.163 e. The zero-order valence-electron chi connectivity index (χ0n) is 10.6. The lowest BCUT2D eigenvalue weighted by atomic mass is 10.0. The van der Waals surface area contributed by atoms with E-state index in [2.05, 4.69) is 5.32 Å². The standard InChI is InChI=1S/C12H17F2NO2S/c1-4-15-10(7-18(3,16)17)9-6-5-8(2)11(13)12(9)14/h5-6,10,15H,4,7H2,1-3H3. The molecule has 0 aromatic heterocycles. The average molecular weight is 277 g/mol. The maximum Gasteiger partial charge on any atom is 0.163 e. The summed E-state index contributed by atoms with van der Waals surface area (Å²) in [6.45, 7) is 3.70. The largest absolute Gasteiger partial charge is 0.309 e. The highest BCUT2D eigenvalue weighted by atomic mass is 32.2. The van der Waals surface area contributed by atoms with Gasteiger partial charge in [0.15, 0.2) is 11.6 Å². The fourth-order valence-corrected chi connectivity index (χ4v) is 2.64. The number of sulfone groups is 1. The molecule has 18 heavy (non-hydrogen) atoms. The molecule has 102 valence electrons. The number of rotatable bonds is 5. The molecule has 0 radical (unpaired) electrons. The second-order valence-corrected chi connectivity index (χ2v) is 6.49. The Morgan fingerprint density at radius 3 is 2.39 bits per heavy atom. The van der Waals surface area contributed by atoms with Gasteiger partial charge in [-0.2, -0.15) is 0 Å². The van der Waals surface area contributed by atoms with E-state index in [1.807, 2.05) is 0 Å². The fraction of sp³-hybridized carbons (Fsp3) is 0.500. The molecule has 1 atom stereocenters. The van der Waals surface area contributed by atoms with Gasteiger partial charge in [0.05, 0.1) is 5.75 Å². The van der Waals surface area contributed by atoms with Gasteiger partial charge in [0.1, 0.15) is 9.84 Å². The lowest BCUT2D eigenvalue weighted by Gasteiger charge is -2.18. The molecule has 0 aliphatic heterocycles. The molecule has 0 amide bonds. The Morgan fingerprint density at radius 2 is 1.89 bits per heavy atom. The van der Waals surface area contributed by atoms with E-state index in [9.17, 15) is 17.2 Å². The van der Waals surface area contributed by atoms with Crippen LogP contribution in [-0.4, -0.2) is 27.0 Å². The molecule has 0 bridgehead atoms. The van der Waals surface area contributed by atoms with Gasteiger partial charge in [-0.1, -0.05) is 19.1 Å². The number of hydrogen-bond acceptors (Lipinski definition) is 3. The highest BCUT2D eigenvalue weighted by molar-refractivity contribution is 7.90. The lowest BCUT2D eigenvalue weighted by molar-refractivity contribution is 0.471. The van der Waals surface area contributed by atoms with Crippen molar-refractivity contribution in [2.45, 2.75) is 19.9 Å². The summed E-state index contributed by atoms with van der Waals surface area (Å²) in [6, 6.07) is 2.13. The van der Waals surface area contributed by atoms with Gasteiger partial charge in [-0.3, -0.25) is 0 Å². The van der Waals surface area contributed by atoms with Gasteiger partial charge in [0.25, 0.3) is 0 Å². The second-order valence-electron chi connectivity index (χ2n) is 4.30. The van der Waals surface area contributed by atoms with Gasteiger partial charge in [-0.05, 0) is 19.0 Å². The average Bonchev–Trinajstić information content (AvgIpc) is 2.24. The first kappa shape index (κ1) is 15.0. The lowest BCUT2D eigenvalue weighted by Crippen LogP contribution is -2.28. The van der Waals surface area contributed by atoms with Crippen LogP contribution >= 0.6 is 0 Å². The Morgan fingerprint density at radius 1 is 1.28 bits per heavy atom. The van der Waals surface area contributed by atoms with Gasteiger partial charge in [-0.25, -0.2) is 17.2 Å². The van der Waals surface area contributed by atoms with Gasteiger partial charge in [0, 0.05) is 17.9 Å². The van der Waals surface area contributed by atoms with Crippen LogP contribution in [0.1, 0.15) is 24.1 Å². The monoisotopic (exact) mass is 277 g/mol. The van der Waals surface area contributed by atoms with E-state index in [1.54, 1.807) is 6.92 Å². The van der Waals surface area contributed by atoms with Crippen molar-refractivity contribution in [3.8, 4) is 0 Å². The minimum absolute atomic E-state index is 0.0466. The predicted octanol–water partition coefficient (Wildman–Crippen LogP) is 1.97. The third-order valence-electron chi connectivity index (χ3n) is 2.60. The topological polar surface area (TPSA) is 46.2 Å². The number of benzene rings is 1. The Labute approximate surface area is 106 Å². The summed E-state index contributed by atoms with van der Waals surface area (Å²) in [5.74, 6) is -2.17. The Kier molecular flexibility index (Phi) is 4.81. The van der Waals surface area contributed by atoms with E-state index >= 15 is 0 Å². The van der Waals surface area contributed by atoms with Gasteiger partial charge in [0.2, 0.25) is 0 Å². The quantitative estimate of drug-likeness (QED) is 0.895. The van der Waals surface area contributed by atoms with Crippen LogP contribution in [0.2, 0.25) is 0 Å². The summed E-state index contributed by atoms with van der Waals surface area (Å²) < 4.78 is 49.9. The number of halogens is 2. The second kappa shape index (κ2) is 5.75. The van der Waals surface area contributed by atoms with Crippen molar-refractivity contribution in [3.05, 3.63) is 34.9 Å². The minimum Gasteiger partial charge on any atom is -0.309 e. The van der Waals surface area contributed by atoms with Crippen molar-refractivity contribution in [2.75, 3.05) is 18.6 Å². The van der Waals surface area contributed by atoms with E-state index in [0.29, 0.717) is 6.54 Å². The molecule has 1 aromatic carbocycles. The van der Waals surface area contributed by atoms with E-state index in [0.717, 1.165) is 6.26 Å². The molecule has 0 saturated heterocycles. The summed E-state index contributed by atoms with van der Waals surface area (Å²) in [5, 5.41) is 2.86. The van der Waals surface area contributed by atoms with Gasteiger partial charge < -0.3 is 5.32 Å². The molecular formula is C12H17F2NO2S. The van der Waals surface area contributed by atoms with Crippen molar-refractivity contribution in [2.24, 2.45) is 0 Å². The van der Waals surface area contributed by atoms with Crippen LogP contribution in [0.5, 0.6) is 0 Å². The first-order valence-corrected chi connectivity index (χ1v) is 7.68. The summed E-state index contributed by atoms with van der Waals surface area (Å²) in [4.78, 5) is 0. The maximum atomic E-state index is 13.8. The Hall–Kier alpha value is -1.01. The Bertz CT molecular complexity index is 529. The van der Waals surface area contributed by atoms with Crippen molar-refractivity contribution in [3.63, 3.8) is 0 Å². The van der Waals surface area contributed by atoms with Crippen molar-refractivity contribution < 1.29 is 17.2 Å². The van der Waals surface area contributed by atoms with Crippen LogP contribution in [-0.2, 0) is 9.84 Å². The van der Waals surface area contributed by atoms with Crippen molar-refractivity contribution >= 4 is 9.84 Å². The molecule has 1 N–H and O–H groups in total. The summed E-state index contributed by atoms with van der Waals surface area (Å²) in [7, 11) is -3.29. The zero-order chi connectivity index (χ0) is 13.9. The first-order valence-electron chi connectivity index (χ1n) is 5.62. The van der Waals surface area contributed by atoms with Gasteiger partial charge >= 0.3 is 0 Å². The van der Waals surface area contributed by atoms with Crippen LogP contribution in [0, 0.1) is 18.6 Å². The van der Waals surface area contributed by atoms with E-state index in [-0.39, 0.29) is 16.9 Å². The highest BCUT2D eigenvalue weighted by Crippen LogP contribution is 2.22. The fourth-order valence-electron chi connectivity index (χ4n) is 1.74. The minimum atomic E-state index is -3.29. The number of aryl methyl sites for hydroxylation is 1. The summed E-state index contributed by atoms with van der Waals surface area (Å²) in [5.41, 5.74) is 0.247. The third kappa shape index (κ3) is 3.74. The predicted molar refractivity (Wildman–Crippen MR) is 67.2 cm³/mol. The van der Waals surface area contributed by atoms with Crippen LogP contribution in [0.15, 0.2) is 12.1 Å². The number of nitrogens with one attached hydrogen (secondary N) is 1. The maximum absolute atomic E-state index is 13.8. The Balaban J connectivity index is 3.18. The molecular weight excluding hydrogens is 260 g/mol. The summed E-state index contributed by atoms with van der Waals surface area (Å²) in [6.07, 6.45) is 1.07. The molecule has 0 saturated carbocycles. The van der Waals surface area contributed by atoms with E-state index < -0.39 is 27.5 Å². The van der Waals surface area contributed by atoms with Crippen LogP contribution < -0.4 is 5.32 Å². The molecule has 0 heterocycles. The molecule has 3 nitrogen and oxygen atoms in total. The molecule has 1 rings (SSSR count). The molecule has 0 fully saturated rings. The van der Waals surface area contributed by atoms with E-state index in [1.165, 1.54) is 19.1 Å². The van der Waals surface area contributed by atoms with Crippen LogP contribution in [0.4, 0.5) is 8.78 Å². The molecule has 6 heteroatoms. The first-order chi connectivity index (χ1) is 8.26. The summed E-state index contributed by atoms with van der Waals surface area (Å²) >= 11 is 0. The van der Waals surface area contributed by atoms with Crippen molar-refractivity contribution in [1.29, 1.82) is 0 Å². The normalized spacial score (nSPS) is 13.6. The van der Waals surface area contributed by atoms with Gasteiger partial charge in [-0.15, -0.1) is 0 Å². The van der Waals surface area contributed by atoms with Crippen LogP contribution in [0.3, 0.4) is 0 Å². The van der Waals surface area contributed by atoms with Crippen LogP contribution in [0.25, 0.3) is 0 Å². The van der Waals surface area contributed by atoms with E-state index in [4.69, 9.17) is 0 Å².